The number of rotatable bonds is 14. The number of hydrogen-bond acceptors (Lipinski definition) is 12. The van der Waals surface area contributed by atoms with Gasteiger partial charge in [-0.15, -0.1) is 0 Å². The van der Waals surface area contributed by atoms with Gasteiger partial charge in [-0.2, -0.15) is 0 Å². The smallest absolute Gasteiger partial charge is 0.407 e. The highest BCUT2D eigenvalue weighted by atomic mass is 16.6. The molecule has 2 aromatic carbocycles. The van der Waals surface area contributed by atoms with Gasteiger partial charge in [0.2, 0.25) is 0 Å². The molecule has 2 atom stereocenters. The van der Waals surface area contributed by atoms with Crippen molar-refractivity contribution in [2.45, 2.75) is 103 Å². The maximum Gasteiger partial charge on any atom is 0.407 e. The number of methoxy groups -OCH3 is 2. The van der Waals surface area contributed by atoms with Gasteiger partial charge in [0, 0.05) is 46.1 Å². The molecule has 0 spiro atoms. The Kier molecular flexibility index (Phi) is 12.7. The Balaban J connectivity index is 1.55. The summed E-state index contributed by atoms with van der Waals surface area (Å²) in [4.78, 5) is 108. The van der Waals surface area contributed by atoms with Crippen molar-refractivity contribution in [2.75, 3.05) is 27.3 Å². The average molecular weight is 753 g/mol. The minimum absolute atomic E-state index is 0.00162. The quantitative estimate of drug-likeness (QED) is 0.119. The fourth-order valence-corrected chi connectivity index (χ4v) is 6.39. The highest BCUT2D eigenvalue weighted by Crippen LogP contribution is 2.39. The molecule has 2 heterocycles. The second-order valence-corrected chi connectivity index (χ2v) is 15.0. The van der Waals surface area contributed by atoms with Crippen LogP contribution >= 0.6 is 0 Å². The molecule has 0 bridgehead atoms. The molecule has 0 saturated carbocycles. The molecule has 0 saturated heterocycles. The van der Waals surface area contributed by atoms with Crippen LogP contribution in [0.15, 0.2) is 24.3 Å². The molecule has 2 aliphatic rings. The minimum Gasteiger partial charge on any atom is -0.467 e. The van der Waals surface area contributed by atoms with E-state index in [9.17, 15) is 38.4 Å². The fourth-order valence-electron chi connectivity index (χ4n) is 6.39. The summed E-state index contributed by atoms with van der Waals surface area (Å²) < 4.78 is 20.4. The Hall–Kier alpha value is -5.54. The first-order chi connectivity index (χ1) is 25.3. The van der Waals surface area contributed by atoms with E-state index < -0.39 is 71.0 Å². The van der Waals surface area contributed by atoms with Gasteiger partial charge in [0.1, 0.15) is 23.3 Å². The third kappa shape index (κ3) is 9.15. The molecule has 54 heavy (non-hydrogen) atoms. The Labute approximate surface area is 313 Å². The molecule has 0 unspecified atom stereocenters. The maximum absolute atomic E-state index is 14.0. The Morgan fingerprint density at radius 2 is 0.852 bits per heavy atom. The first-order valence-corrected chi connectivity index (χ1v) is 17.8. The van der Waals surface area contributed by atoms with Gasteiger partial charge in [0.05, 0.1) is 14.2 Å². The summed E-state index contributed by atoms with van der Waals surface area (Å²) in [6.45, 7) is 10.8. The van der Waals surface area contributed by atoms with Gasteiger partial charge in [0.25, 0.3) is 23.6 Å². The van der Waals surface area contributed by atoms with Gasteiger partial charge >= 0.3 is 24.1 Å². The van der Waals surface area contributed by atoms with Crippen molar-refractivity contribution in [2.24, 2.45) is 0 Å². The third-order valence-electron chi connectivity index (χ3n) is 8.67. The molecular formula is C38H48N4O12. The summed E-state index contributed by atoms with van der Waals surface area (Å²) in [5.74, 6) is -4.88. The van der Waals surface area contributed by atoms with E-state index in [2.05, 4.69) is 10.6 Å². The monoisotopic (exact) mass is 752 g/mol. The summed E-state index contributed by atoms with van der Waals surface area (Å²) in [5, 5.41) is 5.43. The number of nitrogens with one attached hydrogen (secondary N) is 2. The van der Waals surface area contributed by atoms with Crippen LogP contribution in [-0.4, -0.2) is 108 Å². The first-order valence-electron chi connectivity index (χ1n) is 17.8. The topological polar surface area (TPSA) is 204 Å². The molecule has 0 radical (unpaired) electrons. The third-order valence-corrected chi connectivity index (χ3v) is 8.67. The normalized spacial score (nSPS) is 15.1. The zero-order chi connectivity index (χ0) is 40.1. The van der Waals surface area contributed by atoms with Crippen molar-refractivity contribution in [3.63, 3.8) is 0 Å². The van der Waals surface area contributed by atoms with Crippen molar-refractivity contribution in [3.05, 3.63) is 46.5 Å². The Bertz CT molecular complexity index is 1660. The number of imide groups is 2. The Morgan fingerprint density at radius 1 is 0.556 bits per heavy atom. The van der Waals surface area contributed by atoms with Crippen LogP contribution in [0.25, 0.3) is 10.8 Å². The number of carbonyl (C=O) groups excluding carboxylic acids is 8. The number of amides is 6. The predicted octanol–water partition coefficient (Wildman–Crippen LogP) is 4.51. The van der Waals surface area contributed by atoms with Crippen molar-refractivity contribution in [1.82, 2.24) is 20.4 Å². The summed E-state index contributed by atoms with van der Waals surface area (Å²) in [7, 11) is 2.28. The molecule has 0 aliphatic carbocycles. The summed E-state index contributed by atoms with van der Waals surface area (Å²) in [6.07, 6.45) is 0.321. The van der Waals surface area contributed by atoms with Crippen molar-refractivity contribution >= 4 is 58.5 Å². The van der Waals surface area contributed by atoms with Crippen molar-refractivity contribution < 1.29 is 57.3 Å². The highest BCUT2D eigenvalue weighted by molar-refractivity contribution is 6.34. The largest absolute Gasteiger partial charge is 0.467 e. The van der Waals surface area contributed by atoms with Crippen LogP contribution in [0.5, 0.6) is 0 Å². The van der Waals surface area contributed by atoms with Crippen LogP contribution in [0, 0.1) is 0 Å². The lowest BCUT2D eigenvalue weighted by atomic mass is 9.84. The van der Waals surface area contributed by atoms with E-state index in [1.807, 2.05) is 0 Å². The number of unbranched alkanes of at least 4 members (excludes halogenated alkanes) is 2. The van der Waals surface area contributed by atoms with Crippen molar-refractivity contribution in [1.29, 1.82) is 0 Å². The standard InChI is InChI=1S/C38H48N4O12/c1-37(2,3)53-35(49)39-19-11-9-13-25(33(47)51-7)41-29(43)21-15-17-23-28-24(18-16-22(27(21)28)30(41)44)32(46)42(31(23)45)26(34(48)52-8)14-10-12-20-40-36(50)54-38(4,5)6/h15-18,25-26H,9-14,19-20H2,1-8H3,(H,39,49)(H,40,50)/t25-,26-/m0/s1. The lowest BCUT2D eigenvalue weighted by molar-refractivity contribution is -0.146. The second kappa shape index (κ2) is 16.6. The molecular weight excluding hydrogens is 704 g/mol. The van der Waals surface area contributed by atoms with E-state index >= 15 is 0 Å². The summed E-state index contributed by atoms with van der Waals surface area (Å²) in [5.41, 5.74) is -1.35. The lowest BCUT2D eigenvalue weighted by Gasteiger charge is -2.36. The molecule has 2 aliphatic heterocycles. The van der Waals surface area contributed by atoms with Crippen LogP contribution in [0.2, 0.25) is 0 Å². The molecule has 0 aromatic heterocycles. The van der Waals surface area contributed by atoms with Crippen LogP contribution in [0.1, 0.15) is 121 Å². The number of hydrogen-bond donors (Lipinski definition) is 2. The van der Waals surface area contributed by atoms with Gasteiger partial charge in [-0.3, -0.25) is 29.0 Å². The molecule has 2 aromatic rings. The molecule has 292 valence electrons. The Morgan fingerprint density at radius 3 is 1.11 bits per heavy atom. The summed E-state index contributed by atoms with van der Waals surface area (Å²) in [6, 6.07) is 2.82. The predicted molar refractivity (Wildman–Crippen MR) is 193 cm³/mol. The van der Waals surface area contributed by atoms with E-state index in [0.29, 0.717) is 25.7 Å². The van der Waals surface area contributed by atoms with E-state index in [0.717, 1.165) is 24.0 Å². The maximum atomic E-state index is 14.0. The number of nitrogens with zero attached hydrogens (tertiary/aromatic N) is 2. The van der Waals surface area contributed by atoms with Crippen LogP contribution in [-0.2, 0) is 28.5 Å². The lowest BCUT2D eigenvalue weighted by Crippen LogP contribution is -2.52. The zero-order valence-corrected chi connectivity index (χ0v) is 31.9. The van der Waals surface area contributed by atoms with Crippen molar-refractivity contribution in [3.8, 4) is 0 Å². The molecule has 16 heteroatoms. The number of ether oxygens (including phenoxy) is 4. The van der Waals surface area contributed by atoms with Gasteiger partial charge in [-0.05, 0) is 104 Å². The van der Waals surface area contributed by atoms with Gasteiger partial charge < -0.3 is 29.6 Å². The van der Waals surface area contributed by atoms with Gasteiger partial charge in [0.15, 0.2) is 0 Å². The minimum atomic E-state index is -1.30. The molecule has 4 rings (SSSR count). The molecule has 2 N–H and O–H groups in total. The fraction of sp³-hybridized carbons (Fsp3) is 0.526. The molecule has 6 amide bonds. The zero-order valence-electron chi connectivity index (χ0n) is 31.9. The molecule has 0 fully saturated rings. The van der Waals surface area contributed by atoms with Gasteiger partial charge in [-0.25, -0.2) is 19.2 Å². The van der Waals surface area contributed by atoms with Crippen LogP contribution in [0.3, 0.4) is 0 Å². The number of carbonyl (C=O) groups is 8. The van der Waals surface area contributed by atoms with Crippen LogP contribution < -0.4 is 10.6 Å². The van der Waals surface area contributed by atoms with E-state index in [-0.39, 0.29) is 59.0 Å². The summed E-state index contributed by atoms with van der Waals surface area (Å²) >= 11 is 0. The SMILES string of the molecule is COC(=O)[C@H](CCCCNC(=O)OC(C)(C)C)N1C(=O)c2ccc3c4c(ccc(c24)C1=O)C(=O)N([C@@H](CCCCNC(=O)OC(C)(C)C)C(=O)OC)C3=O. The number of esters is 2. The van der Waals surface area contributed by atoms with E-state index in [1.54, 1.807) is 41.5 Å². The molecule has 16 nitrogen and oxygen atoms in total. The van der Waals surface area contributed by atoms with Gasteiger partial charge in [-0.1, -0.05) is 0 Å². The second-order valence-electron chi connectivity index (χ2n) is 15.0. The average Bonchev–Trinajstić information content (AvgIpc) is 3.08. The number of benzene rings is 2. The highest BCUT2D eigenvalue weighted by Gasteiger charge is 2.46. The van der Waals surface area contributed by atoms with E-state index in [4.69, 9.17) is 18.9 Å². The first kappa shape index (κ1) is 41.2. The van der Waals surface area contributed by atoms with E-state index in [1.165, 1.54) is 24.3 Å². The number of alkyl carbamates (subject to hydrolysis) is 2. The van der Waals surface area contributed by atoms with Crippen LogP contribution in [0.4, 0.5) is 9.59 Å².